The molecule has 0 saturated heterocycles. The number of benzene rings is 1. The summed E-state index contributed by atoms with van der Waals surface area (Å²) in [5.74, 6) is 1.12. The van der Waals surface area contributed by atoms with Crippen LogP contribution in [-0.2, 0) is 0 Å². The summed E-state index contributed by atoms with van der Waals surface area (Å²) in [7, 11) is 0. The molecule has 31 heavy (non-hydrogen) atoms. The van der Waals surface area contributed by atoms with Crippen molar-refractivity contribution in [1.29, 1.82) is 0 Å². The zero-order valence-corrected chi connectivity index (χ0v) is 19.3. The Labute approximate surface area is 190 Å². The van der Waals surface area contributed by atoms with Crippen LogP contribution in [0.15, 0.2) is 53.2 Å². The highest BCUT2D eigenvalue weighted by atomic mass is 32.1. The molecule has 1 aromatic carbocycles. The van der Waals surface area contributed by atoms with E-state index in [1.165, 1.54) is 12.8 Å². The minimum Gasteiger partial charge on any atom is -0.349 e. The predicted molar refractivity (Wildman–Crippen MR) is 130 cm³/mol. The van der Waals surface area contributed by atoms with Gasteiger partial charge in [-0.15, -0.1) is 22.7 Å². The van der Waals surface area contributed by atoms with Gasteiger partial charge in [0.1, 0.15) is 11.4 Å². The summed E-state index contributed by atoms with van der Waals surface area (Å²) in [6.07, 6.45) is 3.48. The highest BCUT2D eigenvalue weighted by molar-refractivity contribution is 7.14. The van der Waals surface area contributed by atoms with Crippen molar-refractivity contribution in [3.05, 3.63) is 58.8 Å². The van der Waals surface area contributed by atoms with Crippen LogP contribution in [0.25, 0.3) is 32.2 Å². The normalized spacial score (nSPS) is 21.3. The van der Waals surface area contributed by atoms with E-state index in [2.05, 4.69) is 42.1 Å². The van der Waals surface area contributed by atoms with E-state index in [0.717, 1.165) is 38.6 Å². The van der Waals surface area contributed by atoms with Gasteiger partial charge in [0, 0.05) is 11.6 Å². The summed E-state index contributed by atoms with van der Waals surface area (Å²) < 4.78 is 0. The maximum Gasteiger partial charge on any atom is 0.251 e. The first-order valence-corrected chi connectivity index (χ1v) is 12.6. The lowest BCUT2D eigenvalue weighted by Gasteiger charge is -2.34. The Morgan fingerprint density at radius 3 is 2.26 bits per heavy atom. The van der Waals surface area contributed by atoms with Crippen molar-refractivity contribution >= 4 is 39.6 Å². The molecule has 3 atom stereocenters. The molecular formula is C25H25N3OS2. The van der Waals surface area contributed by atoms with Crippen LogP contribution in [0.2, 0.25) is 0 Å². The van der Waals surface area contributed by atoms with Crippen molar-refractivity contribution in [1.82, 2.24) is 15.3 Å². The van der Waals surface area contributed by atoms with Gasteiger partial charge in [0.25, 0.3) is 5.91 Å². The molecular weight excluding hydrogens is 422 g/mol. The van der Waals surface area contributed by atoms with Gasteiger partial charge in [-0.25, -0.2) is 9.97 Å². The van der Waals surface area contributed by atoms with Crippen LogP contribution in [-0.4, -0.2) is 21.9 Å². The first-order chi connectivity index (χ1) is 15.1. The zero-order chi connectivity index (χ0) is 21.4. The van der Waals surface area contributed by atoms with E-state index < -0.39 is 0 Å². The van der Waals surface area contributed by atoms with Crippen LogP contribution in [0.5, 0.6) is 0 Å². The molecule has 5 rings (SSSR count). The smallest absolute Gasteiger partial charge is 0.251 e. The second-order valence-corrected chi connectivity index (χ2v) is 10.3. The molecule has 1 amide bonds. The molecule has 3 heterocycles. The van der Waals surface area contributed by atoms with Gasteiger partial charge in [-0.2, -0.15) is 0 Å². The van der Waals surface area contributed by atoms with E-state index in [-0.39, 0.29) is 11.9 Å². The van der Waals surface area contributed by atoms with Crippen LogP contribution in [0, 0.1) is 11.8 Å². The average Bonchev–Trinajstić information content (AvgIpc) is 3.50. The standard InChI is InChI=1S/C25H25N3OS2/c1-15-6-3-7-18(16(15)2)28-25(29)17-10-11-19-20(14-17)27-24(22-9-5-13-31-22)23(26-19)21-8-4-12-30-21/h4-5,8-16,18H,3,6-7H2,1-2H3,(H,28,29)/t15-,16+,18+/m1/s1. The third-order valence-electron chi connectivity index (χ3n) is 6.46. The van der Waals surface area contributed by atoms with Gasteiger partial charge in [-0.1, -0.05) is 38.8 Å². The number of carbonyl (C=O) groups excluding carboxylic acids is 1. The molecule has 1 fully saturated rings. The molecule has 6 heteroatoms. The van der Waals surface area contributed by atoms with E-state index in [9.17, 15) is 4.79 Å². The van der Waals surface area contributed by atoms with Crippen molar-refractivity contribution in [2.45, 2.75) is 39.2 Å². The van der Waals surface area contributed by atoms with E-state index >= 15 is 0 Å². The second-order valence-electron chi connectivity index (χ2n) is 8.43. The highest BCUT2D eigenvalue weighted by Gasteiger charge is 2.28. The van der Waals surface area contributed by atoms with Gasteiger partial charge in [0.2, 0.25) is 0 Å². The van der Waals surface area contributed by atoms with Crippen molar-refractivity contribution in [3.8, 4) is 21.1 Å². The van der Waals surface area contributed by atoms with Gasteiger partial charge in [-0.3, -0.25) is 4.79 Å². The van der Waals surface area contributed by atoms with Crippen molar-refractivity contribution in [2.24, 2.45) is 11.8 Å². The summed E-state index contributed by atoms with van der Waals surface area (Å²) in [5, 5.41) is 7.38. The van der Waals surface area contributed by atoms with E-state index in [0.29, 0.717) is 17.4 Å². The Morgan fingerprint density at radius 2 is 1.61 bits per heavy atom. The lowest BCUT2D eigenvalue weighted by atomic mass is 9.78. The van der Waals surface area contributed by atoms with Crippen molar-refractivity contribution < 1.29 is 4.79 Å². The Balaban J connectivity index is 1.51. The first kappa shape index (κ1) is 20.3. The summed E-state index contributed by atoms with van der Waals surface area (Å²) in [6.45, 7) is 4.53. The van der Waals surface area contributed by atoms with Crippen LogP contribution in [0.4, 0.5) is 0 Å². The topological polar surface area (TPSA) is 54.9 Å². The molecule has 0 unspecified atom stereocenters. The summed E-state index contributed by atoms with van der Waals surface area (Å²) in [5.41, 5.74) is 3.97. The van der Waals surface area contributed by atoms with Gasteiger partial charge in [0.15, 0.2) is 0 Å². The Bertz CT molecular complexity index is 1200. The molecule has 3 aromatic heterocycles. The number of thiophene rings is 2. The Kier molecular flexibility index (Phi) is 5.59. The van der Waals surface area contributed by atoms with E-state index in [1.54, 1.807) is 22.7 Å². The predicted octanol–water partition coefficient (Wildman–Crippen LogP) is 6.64. The Hall–Kier alpha value is -2.57. The molecule has 4 aromatic rings. The number of hydrogen-bond donors (Lipinski definition) is 1. The maximum atomic E-state index is 13.0. The maximum absolute atomic E-state index is 13.0. The molecule has 0 aliphatic heterocycles. The van der Waals surface area contributed by atoms with E-state index in [4.69, 9.17) is 9.97 Å². The summed E-state index contributed by atoms with van der Waals surface area (Å²) in [4.78, 5) is 25.1. The molecule has 1 aliphatic carbocycles. The second kappa shape index (κ2) is 8.52. The summed E-state index contributed by atoms with van der Waals surface area (Å²) in [6, 6.07) is 14.1. The highest BCUT2D eigenvalue weighted by Crippen LogP contribution is 2.35. The number of nitrogens with zero attached hydrogens (tertiary/aromatic N) is 2. The number of amides is 1. The number of aromatic nitrogens is 2. The molecule has 1 N–H and O–H groups in total. The first-order valence-electron chi connectivity index (χ1n) is 10.8. The molecule has 0 spiro atoms. The third-order valence-corrected chi connectivity index (χ3v) is 8.21. The van der Waals surface area contributed by atoms with Gasteiger partial charge in [0.05, 0.1) is 20.8 Å². The molecule has 1 aliphatic rings. The fourth-order valence-electron chi connectivity index (χ4n) is 4.40. The largest absolute Gasteiger partial charge is 0.349 e. The Morgan fingerprint density at radius 1 is 0.935 bits per heavy atom. The minimum atomic E-state index is -0.0188. The third kappa shape index (κ3) is 4.02. The molecule has 0 bridgehead atoms. The zero-order valence-electron chi connectivity index (χ0n) is 17.7. The number of hydrogen-bond acceptors (Lipinski definition) is 5. The number of carbonyl (C=O) groups is 1. The fourth-order valence-corrected chi connectivity index (χ4v) is 5.83. The van der Waals surface area contributed by atoms with Gasteiger partial charge >= 0.3 is 0 Å². The average molecular weight is 448 g/mol. The monoisotopic (exact) mass is 447 g/mol. The van der Waals surface area contributed by atoms with Crippen LogP contribution < -0.4 is 5.32 Å². The fraction of sp³-hybridized carbons (Fsp3) is 0.320. The molecule has 4 nitrogen and oxygen atoms in total. The molecule has 158 valence electrons. The number of nitrogens with one attached hydrogen (secondary N) is 1. The van der Waals surface area contributed by atoms with Gasteiger partial charge in [-0.05, 0) is 59.3 Å². The van der Waals surface area contributed by atoms with Crippen LogP contribution >= 0.6 is 22.7 Å². The SMILES string of the molecule is C[C@H]1[C@H](C)CCC[C@@H]1NC(=O)c1ccc2nc(-c3cccs3)c(-c3cccs3)nc2c1. The van der Waals surface area contributed by atoms with Crippen molar-refractivity contribution in [2.75, 3.05) is 0 Å². The minimum absolute atomic E-state index is 0.0188. The van der Waals surface area contributed by atoms with Crippen LogP contribution in [0.3, 0.4) is 0 Å². The summed E-state index contributed by atoms with van der Waals surface area (Å²) >= 11 is 3.31. The van der Waals surface area contributed by atoms with E-state index in [1.807, 2.05) is 30.3 Å². The van der Waals surface area contributed by atoms with Gasteiger partial charge < -0.3 is 5.32 Å². The molecule has 1 saturated carbocycles. The quantitative estimate of drug-likeness (QED) is 0.381. The van der Waals surface area contributed by atoms with Crippen LogP contribution in [0.1, 0.15) is 43.5 Å². The van der Waals surface area contributed by atoms with Crippen molar-refractivity contribution in [3.63, 3.8) is 0 Å². The number of fused-ring (bicyclic) bond motifs is 1. The lowest BCUT2D eigenvalue weighted by Crippen LogP contribution is -2.43. The number of rotatable bonds is 4. The molecule has 0 radical (unpaired) electrons. The lowest BCUT2D eigenvalue weighted by molar-refractivity contribution is 0.0891.